The Hall–Kier alpha value is -1.55. The number of ether oxygens (including phenoxy) is 1. The summed E-state index contributed by atoms with van der Waals surface area (Å²) in [4.78, 5) is 14.0. The number of rotatable bonds is 1. The van der Waals surface area contributed by atoms with Crippen molar-refractivity contribution < 1.29 is 9.53 Å². The van der Waals surface area contributed by atoms with Gasteiger partial charge in [0.25, 0.3) is 0 Å². The lowest BCUT2D eigenvalue weighted by molar-refractivity contribution is -0.0530. The Balaban J connectivity index is 2.02. The van der Waals surface area contributed by atoms with Gasteiger partial charge in [0.1, 0.15) is 0 Å². The molecule has 0 aromatic heterocycles. The number of carbonyl (C=O) groups is 1. The molecular weight excluding hydrogens is 228 g/mol. The molecular formula is C14H20N2O2. The van der Waals surface area contributed by atoms with Crippen LogP contribution in [0.3, 0.4) is 0 Å². The minimum absolute atomic E-state index is 0.0497. The first-order valence-corrected chi connectivity index (χ1v) is 6.33. The van der Waals surface area contributed by atoms with Crippen molar-refractivity contribution in [3.8, 4) is 0 Å². The number of benzene rings is 1. The number of hydrogen-bond donors (Lipinski definition) is 1. The monoisotopic (exact) mass is 248 g/mol. The zero-order valence-corrected chi connectivity index (χ0v) is 11.1. The number of hydrogen-bond acceptors (Lipinski definition) is 2. The van der Waals surface area contributed by atoms with Crippen molar-refractivity contribution in [3.63, 3.8) is 0 Å². The second-order valence-corrected chi connectivity index (χ2v) is 4.91. The van der Waals surface area contributed by atoms with Gasteiger partial charge in [-0.1, -0.05) is 18.2 Å². The molecule has 0 radical (unpaired) electrons. The lowest BCUT2D eigenvalue weighted by atomic mass is 10.2. The van der Waals surface area contributed by atoms with Crippen LogP contribution in [0, 0.1) is 6.92 Å². The minimum Gasteiger partial charge on any atom is -0.372 e. The molecule has 0 aliphatic carbocycles. The summed E-state index contributed by atoms with van der Waals surface area (Å²) in [6.07, 6.45) is 0.188. The van der Waals surface area contributed by atoms with E-state index in [0.717, 1.165) is 11.3 Å². The largest absolute Gasteiger partial charge is 0.372 e. The fourth-order valence-electron chi connectivity index (χ4n) is 2.25. The van der Waals surface area contributed by atoms with Gasteiger partial charge in [0, 0.05) is 18.8 Å². The summed E-state index contributed by atoms with van der Waals surface area (Å²) in [5, 5.41) is 2.95. The van der Waals surface area contributed by atoms with Crippen molar-refractivity contribution >= 4 is 11.7 Å². The molecule has 1 aromatic carbocycles. The Morgan fingerprint density at radius 3 is 2.50 bits per heavy atom. The molecule has 0 bridgehead atoms. The van der Waals surface area contributed by atoms with E-state index in [1.807, 2.05) is 49.9 Å². The molecule has 1 saturated heterocycles. The molecule has 0 spiro atoms. The fraction of sp³-hybridized carbons (Fsp3) is 0.500. The Morgan fingerprint density at radius 2 is 1.89 bits per heavy atom. The number of morpholine rings is 1. The van der Waals surface area contributed by atoms with E-state index in [2.05, 4.69) is 5.32 Å². The highest BCUT2D eigenvalue weighted by atomic mass is 16.5. The Bertz CT molecular complexity index is 424. The summed E-state index contributed by atoms with van der Waals surface area (Å²) < 4.78 is 5.62. The molecule has 0 saturated carbocycles. The second-order valence-electron chi connectivity index (χ2n) is 4.91. The number of nitrogens with one attached hydrogen (secondary N) is 1. The van der Waals surface area contributed by atoms with E-state index in [1.54, 1.807) is 0 Å². The molecule has 4 nitrogen and oxygen atoms in total. The third-order valence-corrected chi connectivity index (χ3v) is 3.09. The minimum atomic E-state index is -0.0497. The van der Waals surface area contributed by atoms with Crippen molar-refractivity contribution in [3.05, 3.63) is 29.8 Å². The van der Waals surface area contributed by atoms with Gasteiger partial charge < -0.3 is 15.0 Å². The molecule has 1 aromatic rings. The van der Waals surface area contributed by atoms with E-state index in [0.29, 0.717) is 13.1 Å². The van der Waals surface area contributed by atoms with Gasteiger partial charge in [-0.2, -0.15) is 0 Å². The molecule has 18 heavy (non-hydrogen) atoms. The van der Waals surface area contributed by atoms with Gasteiger partial charge in [-0.3, -0.25) is 0 Å². The average molecular weight is 248 g/mol. The van der Waals surface area contributed by atoms with E-state index in [4.69, 9.17) is 4.74 Å². The smallest absolute Gasteiger partial charge is 0.322 e. The third-order valence-electron chi connectivity index (χ3n) is 3.09. The molecule has 0 unspecified atom stereocenters. The predicted molar refractivity (Wildman–Crippen MR) is 71.8 cm³/mol. The van der Waals surface area contributed by atoms with Crippen LogP contribution in [0.25, 0.3) is 0 Å². The maximum Gasteiger partial charge on any atom is 0.322 e. The van der Waals surface area contributed by atoms with E-state index >= 15 is 0 Å². The number of urea groups is 1. The highest BCUT2D eigenvalue weighted by molar-refractivity contribution is 5.90. The van der Waals surface area contributed by atoms with Crippen LogP contribution in [0.15, 0.2) is 24.3 Å². The lowest BCUT2D eigenvalue weighted by Gasteiger charge is -2.35. The summed E-state index contributed by atoms with van der Waals surface area (Å²) in [6, 6.07) is 7.74. The van der Waals surface area contributed by atoms with Crippen molar-refractivity contribution in [1.29, 1.82) is 0 Å². The van der Waals surface area contributed by atoms with E-state index in [9.17, 15) is 4.79 Å². The quantitative estimate of drug-likeness (QED) is 0.830. The van der Waals surface area contributed by atoms with Crippen LogP contribution >= 0.6 is 0 Å². The standard InChI is InChI=1S/C14H20N2O2/c1-10-6-4-5-7-13(10)15-14(17)16-8-11(2)18-12(3)9-16/h4-7,11-12H,8-9H2,1-3H3,(H,15,17)/t11-,12+. The first-order chi connectivity index (χ1) is 8.56. The first-order valence-electron chi connectivity index (χ1n) is 6.33. The lowest BCUT2D eigenvalue weighted by Crippen LogP contribution is -2.49. The molecule has 98 valence electrons. The van der Waals surface area contributed by atoms with E-state index in [1.165, 1.54) is 0 Å². The van der Waals surface area contributed by atoms with E-state index in [-0.39, 0.29) is 18.2 Å². The van der Waals surface area contributed by atoms with Crippen molar-refractivity contribution in [1.82, 2.24) is 4.90 Å². The summed E-state index contributed by atoms with van der Waals surface area (Å²) in [7, 11) is 0. The zero-order valence-electron chi connectivity index (χ0n) is 11.1. The van der Waals surface area contributed by atoms with Crippen LogP contribution in [0.5, 0.6) is 0 Å². The Kier molecular flexibility index (Phi) is 3.87. The molecule has 1 heterocycles. The summed E-state index contributed by atoms with van der Waals surface area (Å²) in [5.74, 6) is 0. The molecule has 1 N–H and O–H groups in total. The van der Waals surface area contributed by atoms with Gasteiger partial charge in [-0.05, 0) is 32.4 Å². The summed E-state index contributed by atoms with van der Waals surface area (Å²) >= 11 is 0. The Morgan fingerprint density at radius 1 is 1.28 bits per heavy atom. The molecule has 1 fully saturated rings. The average Bonchev–Trinajstić information content (AvgIpc) is 2.31. The van der Waals surface area contributed by atoms with Crippen LogP contribution in [0.1, 0.15) is 19.4 Å². The summed E-state index contributed by atoms with van der Waals surface area (Å²) in [5.41, 5.74) is 1.94. The van der Waals surface area contributed by atoms with Crippen molar-refractivity contribution in [2.75, 3.05) is 18.4 Å². The number of anilines is 1. The maximum absolute atomic E-state index is 12.2. The maximum atomic E-state index is 12.2. The highest BCUT2D eigenvalue weighted by Gasteiger charge is 2.25. The Labute approximate surface area is 108 Å². The van der Waals surface area contributed by atoms with E-state index < -0.39 is 0 Å². The van der Waals surface area contributed by atoms with Gasteiger partial charge in [-0.15, -0.1) is 0 Å². The topological polar surface area (TPSA) is 41.6 Å². The van der Waals surface area contributed by atoms with Crippen molar-refractivity contribution in [2.45, 2.75) is 33.0 Å². The number of para-hydroxylation sites is 1. The predicted octanol–water partition coefficient (Wildman–Crippen LogP) is 2.64. The van der Waals surface area contributed by atoms with Crippen LogP contribution in [0.4, 0.5) is 10.5 Å². The molecule has 4 heteroatoms. The normalized spacial score (nSPS) is 23.8. The van der Waals surface area contributed by atoms with Crippen LogP contribution in [-0.4, -0.2) is 36.2 Å². The molecule has 2 rings (SSSR count). The van der Waals surface area contributed by atoms with Crippen LogP contribution in [0.2, 0.25) is 0 Å². The number of aryl methyl sites for hydroxylation is 1. The van der Waals surface area contributed by atoms with Gasteiger partial charge in [0.05, 0.1) is 12.2 Å². The molecule has 1 aliphatic rings. The molecule has 2 amide bonds. The number of amides is 2. The van der Waals surface area contributed by atoms with Crippen LogP contribution in [-0.2, 0) is 4.74 Å². The van der Waals surface area contributed by atoms with Gasteiger partial charge in [0.15, 0.2) is 0 Å². The fourth-order valence-corrected chi connectivity index (χ4v) is 2.25. The van der Waals surface area contributed by atoms with Crippen molar-refractivity contribution in [2.24, 2.45) is 0 Å². The summed E-state index contributed by atoms with van der Waals surface area (Å²) in [6.45, 7) is 7.25. The van der Waals surface area contributed by atoms with Crippen LogP contribution < -0.4 is 5.32 Å². The molecule has 2 atom stereocenters. The van der Waals surface area contributed by atoms with Gasteiger partial charge in [-0.25, -0.2) is 4.79 Å². The second kappa shape index (κ2) is 5.40. The SMILES string of the molecule is Cc1ccccc1NC(=O)N1C[C@@H](C)O[C@@H](C)C1. The van der Waals surface area contributed by atoms with Gasteiger partial charge >= 0.3 is 6.03 Å². The number of carbonyl (C=O) groups excluding carboxylic acids is 1. The molecule has 1 aliphatic heterocycles. The third kappa shape index (κ3) is 3.01. The first kappa shape index (κ1) is 12.9. The number of nitrogens with zero attached hydrogens (tertiary/aromatic N) is 1. The van der Waals surface area contributed by atoms with Gasteiger partial charge in [0.2, 0.25) is 0 Å². The highest BCUT2D eigenvalue weighted by Crippen LogP contribution is 2.16. The zero-order chi connectivity index (χ0) is 13.1.